The largest absolute Gasteiger partial charge is 0.506 e. The van der Waals surface area contributed by atoms with E-state index in [9.17, 15) is 14.7 Å². The molecular formula is C10H10N2O3S2. The first kappa shape index (κ1) is 12.0. The van der Waals surface area contributed by atoms with Gasteiger partial charge in [-0.15, -0.1) is 23.1 Å². The van der Waals surface area contributed by atoms with Crippen LogP contribution in [0.4, 0.5) is 0 Å². The number of aromatic nitrogens is 1. The number of nitrogens with two attached hydrogens (primary N) is 1. The number of thioether (sulfide) groups is 1. The van der Waals surface area contributed by atoms with Crippen molar-refractivity contribution in [3.8, 4) is 5.75 Å². The fourth-order valence-corrected chi connectivity index (χ4v) is 3.87. The van der Waals surface area contributed by atoms with Gasteiger partial charge in [-0.25, -0.2) is 0 Å². The highest BCUT2D eigenvalue weighted by Gasteiger charge is 2.19. The maximum Gasteiger partial charge on any atom is 0.252 e. The number of carbonyl (C=O) groups excluding carboxylic acids is 1. The van der Waals surface area contributed by atoms with Crippen LogP contribution < -0.4 is 11.3 Å². The minimum atomic E-state index is -0.603. The zero-order valence-electron chi connectivity index (χ0n) is 8.94. The zero-order valence-corrected chi connectivity index (χ0v) is 10.6. The summed E-state index contributed by atoms with van der Waals surface area (Å²) >= 11 is 2.71. The molecule has 0 fully saturated rings. The number of hydrogen-bond acceptors (Lipinski definition) is 5. The van der Waals surface area contributed by atoms with Crippen LogP contribution in [0, 0.1) is 0 Å². The van der Waals surface area contributed by atoms with Crippen LogP contribution >= 0.6 is 23.1 Å². The van der Waals surface area contributed by atoms with E-state index in [1.54, 1.807) is 0 Å². The number of primary amides is 1. The number of thiophene rings is 1. The average molecular weight is 270 g/mol. The summed E-state index contributed by atoms with van der Waals surface area (Å²) in [5.41, 5.74) is 5.46. The minimum Gasteiger partial charge on any atom is -0.506 e. The standard InChI is InChI=1S/C10H10N2O3S2/c1-2-16-10-6(9(11)15)7-8(17-10)4(13)3-5(14)12-7/h3H,2H2,1H3,(H2,11,15)(H2,12,13,14). The Labute approximate surface area is 105 Å². The summed E-state index contributed by atoms with van der Waals surface area (Å²) in [4.78, 5) is 25.2. The normalized spacial score (nSPS) is 10.9. The van der Waals surface area contributed by atoms with E-state index in [-0.39, 0.29) is 11.3 Å². The van der Waals surface area contributed by atoms with Gasteiger partial charge in [0.25, 0.3) is 11.5 Å². The van der Waals surface area contributed by atoms with Crippen molar-refractivity contribution in [1.29, 1.82) is 0 Å². The number of amides is 1. The molecule has 2 aromatic rings. The quantitative estimate of drug-likeness (QED) is 0.736. The Morgan fingerprint density at radius 1 is 1.65 bits per heavy atom. The van der Waals surface area contributed by atoms with Gasteiger partial charge in [0.15, 0.2) is 0 Å². The van der Waals surface area contributed by atoms with Gasteiger partial charge in [0.2, 0.25) is 0 Å². The second kappa shape index (κ2) is 4.42. The molecule has 7 heteroatoms. The van der Waals surface area contributed by atoms with Crippen molar-refractivity contribution in [2.75, 3.05) is 5.75 Å². The number of aromatic hydroxyl groups is 1. The van der Waals surface area contributed by atoms with Gasteiger partial charge < -0.3 is 15.8 Å². The van der Waals surface area contributed by atoms with Gasteiger partial charge in [0, 0.05) is 6.07 Å². The van der Waals surface area contributed by atoms with Crippen LogP contribution in [0.5, 0.6) is 5.75 Å². The molecule has 5 nitrogen and oxygen atoms in total. The second-order valence-corrected chi connectivity index (χ2v) is 5.84. The van der Waals surface area contributed by atoms with E-state index in [2.05, 4.69) is 4.98 Å². The molecule has 90 valence electrons. The van der Waals surface area contributed by atoms with Gasteiger partial charge in [0.1, 0.15) is 5.75 Å². The first-order chi connectivity index (χ1) is 8.04. The van der Waals surface area contributed by atoms with Crippen molar-refractivity contribution in [3.63, 3.8) is 0 Å². The summed E-state index contributed by atoms with van der Waals surface area (Å²) in [6.45, 7) is 1.95. The topological polar surface area (TPSA) is 96.2 Å². The van der Waals surface area contributed by atoms with Crippen LogP contribution in [0.25, 0.3) is 10.2 Å². The molecule has 0 atom stereocenters. The highest BCUT2D eigenvalue weighted by molar-refractivity contribution is 8.01. The van der Waals surface area contributed by atoms with Gasteiger partial charge in [-0.05, 0) is 5.75 Å². The SMILES string of the molecule is CCSc1sc2c(O)cc(=O)[nH]c2c1C(N)=O. The Bertz CT molecular complexity index is 645. The number of hydrogen-bond donors (Lipinski definition) is 3. The molecule has 0 spiro atoms. The van der Waals surface area contributed by atoms with Crippen molar-refractivity contribution >= 4 is 39.2 Å². The first-order valence-electron chi connectivity index (χ1n) is 4.86. The van der Waals surface area contributed by atoms with E-state index in [0.29, 0.717) is 14.4 Å². The number of rotatable bonds is 3. The van der Waals surface area contributed by atoms with E-state index in [4.69, 9.17) is 5.73 Å². The first-order valence-corrected chi connectivity index (χ1v) is 6.66. The molecule has 17 heavy (non-hydrogen) atoms. The molecule has 1 amide bonds. The van der Waals surface area contributed by atoms with Crippen molar-refractivity contribution in [2.24, 2.45) is 5.73 Å². The van der Waals surface area contributed by atoms with Crippen LogP contribution in [-0.4, -0.2) is 21.8 Å². The predicted octanol–water partition coefficient (Wildman–Crippen LogP) is 1.51. The van der Waals surface area contributed by atoms with E-state index in [0.717, 1.165) is 11.8 Å². The molecule has 2 aromatic heterocycles. The molecule has 0 saturated heterocycles. The third kappa shape index (κ3) is 2.03. The lowest BCUT2D eigenvalue weighted by atomic mass is 10.2. The van der Waals surface area contributed by atoms with Gasteiger partial charge in [-0.2, -0.15) is 0 Å². The van der Waals surface area contributed by atoms with Gasteiger partial charge in [-0.1, -0.05) is 6.92 Å². The fourth-order valence-electron chi connectivity index (χ4n) is 1.52. The van der Waals surface area contributed by atoms with Gasteiger partial charge in [0.05, 0.1) is 20.0 Å². The van der Waals surface area contributed by atoms with E-state index in [1.807, 2.05) is 6.92 Å². The van der Waals surface area contributed by atoms with E-state index < -0.39 is 11.5 Å². The third-order valence-electron chi connectivity index (χ3n) is 2.15. The number of pyridine rings is 1. The molecule has 0 aromatic carbocycles. The molecule has 0 unspecified atom stereocenters. The van der Waals surface area contributed by atoms with Crippen molar-refractivity contribution in [3.05, 3.63) is 22.0 Å². The average Bonchev–Trinajstić information content (AvgIpc) is 2.57. The molecule has 2 heterocycles. The van der Waals surface area contributed by atoms with Crippen molar-refractivity contribution in [1.82, 2.24) is 4.98 Å². The lowest BCUT2D eigenvalue weighted by Crippen LogP contribution is -2.13. The molecule has 0 aliphatic heterocycles. The molecule has 0 aliphatic rings. The molecular weight excluding hydrogens is 260 g/mol. The number of aromatic amines is 1. The third-order valence-corrected chi connectivity index (χ3v) is 4.51. The highest BCUT2D eigenvalue weighted by Crippen LogP contribution is 2.39. The summed E-state index contributed by atoms with van der Waals surface area (Å²) in [6.07, 6.45) is 0. The maximum atomic E-state index is 11.4. The number of fused-ring (bicyclic) bond motifs is 1. The Hall–Kier alpha value is -1.47. The molecule has 4 N–H and O–H groups in total. The van der Waals surface area contributed by atoms with E-state index in [1.165, 1.54) is 23.1 Å². The molecule has 0 radical (unpaired) electrons. The minimum absolute atomic E-state index is 0.126. The lowest BCUT2D eigenvalue weighted by Gasteiger charge is -1.97. The molecule has 0 aliphatic carbocycles. The Balaban J connectivity index is 2.84. The Morgan fingerprint density at radius 2 is 2.35 bits per heavy atom. The summed E-state index contributed by atoms with van der Waals surface area (Å²) in [7, 11) is 0. The van der Waals surface area contributed by atoms with Gasteiger partial charge in [-0.3, -0.25) is 9.59 Å². The summed E-state index contributed by atoms with van der Waals surface area (Å²) in [5, 5.41) is 9.67. The smallest absolute Gasteiger partial charge is 0.252 e. The monoisotopic (exact) mass is 270 g/mol. The van der Waals surface area contributed by atoms with Crippen LogP contribution in [0.2, 0.25) is 0 Å². The zero-order chi connectivity index (χ0) is 12.6. The van der Waals surface area contributed by atoms with Crippen LogP contribution in [-0.2, 0) is 0 Å². The lowest BCUT2D eigenvalue weighted by molar-refractivity contribution is 0.0999. The second-order valence-electron chi connectivity index (χ2n) is 3.28. The summed E-state index contributed by atoms with van der Waals surface area (Å²) in [5.74, 6) is 0.0469. The number of carbonyl (C=O) groups is 1. The van der Waals surface area contributed by atoms with Crippen molar-refractivity contribution in [2.45, 2.75) is 11.1 Å². The summed E-state index contributed by atoms with van der Waals surface area (Å²) < 4.78 is 1.20. The predicted molar refractivity (Wildman–Crippen MR) is 69.0 cm³/mol. The van der Waals surface area contributed by atoms with Crippen LogP contribution in [0.1, 0.15) is 17.3 Å². The molecule has 0 saturated carbocycles. The number of H-pyrrole nitrogens is 1. The van der Waals surface area contributed by atoms with E-state index >= 15 is 0 Å². The fraction of sp³-hybridized carbons (Fsp3) is 0.200. The highest BCUT2D eigenvalue weighted by atomic mass is 32.2. The van der Waals surface area contributed by atoms with Crippen molar-refractivity contribution < 1.29 is 9.90 Å². The molecule has 0 bridgehead atoms. The van der Waals surface area contributed by atoms with Crippen LogP contribution in [0.15, 0.2) is 15.1 Å². The maximum absolute atomic E-state index is 11.4. The Morgan fingerprint density at radius 3 is 2.94 bits per heavy atom. The van der Waals surface area contributed by atoms with Gasteiger partial charge >= 0.3 is 0 Å². The summed E-state index contributed by atoms with van der Waals surface area (Å²) in [6, 6.07) is 1.09. The Kier molecular flexibility index (Phi) is 3.12. The van der Waals surface area contributed by atoms with Crippen LogP contribution in [0.3, 0.4) is 0 Å². The molecule has 2 rings (SSSR count). The number of nitrogens with one attached hydrogen (secondary N) is 1.